The molecule has 1 aliphatic heterocycles. The molecule has 0 bridgehead atoms. The van der Waals surface area contributed by atoms with Crippen LogP contribution in [0.2, 0.25) is 0 Å². The van der Waals surface area contributed by atoms with Gasteiger partial charge in [-0.1, -0.05) is 62.4 Å². The van der Waals surface area contributed by atoms with Crippen molar-refractivity contribution in [1.82, 2.24) is 40.9 Å². The Morgan fingerprint density at radius 2 is 1.61 bits per heavy atom. The van der Waals surface area contributed by atoms with Gasteiger partial charge in [0.1, 0.15) is 30.2 Å². The van der Waals surface area contributed by atoms with Crippen LogP contribution in [0, 0.1) is 5.92 Å². The minimum atomic E-state index is -0.989. The number of nitrogens with zero attached hydrogens (tertiary/aromatic N) is 4. The first-order valence-corrected chi connectivity index (χ1v) is 16.5. The van der Waals surface area contributed by atoms with Crippen LogP contribution in [0.4, 0.5) is 0 Å². The first kappa shape index (κ1) is 36.6. The van der Waals surface area contributed by atoms with Gasteiger partial charge in [0.05, 0.1) is 26.1 Å². The molecule has 49 heavy (non-hydrogen) atoms. The van der Waals surface area contributed by atoms with E-state index in [1.807, 2.05) is 44.2 Å². The second-order valence-electron chi connectivity index (χ2n) is 12.5. The number of carbonyl (C=O) groups is 5. The summed E-state index contributed by atoms with van der Waals surface area (Å²) in [5.41, 5.74) is 1.41. The maximum Gasteiger partial charge on any atom is 0.243 e. The molecule has 3 atom stereocenters. The number of carbonyl (C=O) groups excluding carboxylic acids is 5. The highest BCUT2D eigenvalue weighted by molar-refractivity contribution is 5.93. The zero-order valence-corrected chi connectivity index (χ0v) is 28.7. The number of fused-ring (bicyclic) bond motifs is 1. The number of hydrogen-bond acceptors (Lipinski definition) is 8. The normalized spacial score (nSPS) is 20.1. The minimum absolute atomic E-state index is 0.0112. The number of amides is 5. The molecule has 4 N–H and O–H groups in total. The number of benzene rings is 2. The Balaban J connectivity index is 1.61. The van der Waals surface area contributed by atoms with E-state index in [0.717, 1.165) is 5.56 Å². The molecule has 0 saturated heterocycles. The maximum absolute atomic E-state index is 13.6. The Morgan fingerprint density at radius 3 is 2.33 bits per heavy atom. The first-order chi connectivity index (χ1) is 23.4. The van der Waals surface area contributed by atoms with E-state index < -0.39 is 35.8 Å². The predicted molar refractivity (Wildman–Crippen MR) is 182 cm³/mol. The van der Waals surface area contributed by atoms with E-state index in [-0.39, 0.29) is 50.3 Å². The third kappa shape index (κ3) is 10.4. The van der Waals surface area contributed by atoms with Crippen LogP contribution in [0.1, 0.15) is 58.0 Å². The summed E-state index contributed by atoms with van der Waals surface area (Å²) in [4.78, 5) is 72.7. The molecule has 1 aliphatic rings. The molecule has 262 valence electrons. The Bertz CT molecular complexity index is 1620. The maximum atomic E-state index is 13.6. The van der Waals surface area contributed by atoms with Crippen LogP contribution in [0.3, 0.4) is 0 Å². The Kier molecular flexibility index (Phi) is 12.9. The molecule has 2 heterocycles. The molecule has 14 nitrogen and oxygen atoms in total. The molecule has 0 spiro atoms. The van der Waals surface area contributed by atoms with Crippen LogP contribution in [-0.4, -0.2) is 88.0 Å². The zero-order chi connectivity index (χ0) is 35.5. The van der Waals surface area contributed by atoms with Crippen molar-refractivity contribution in [3.8, 4) is 17.1 Å². The van der Waals surface area contributed by atoms with E-state index in [1.165, 1.54) is 23.6 Å². The van der Waals surface area contributed by atoms with E-state index in [9.17, 15) is 24.0 Å². The fourth-order valence-corrected chi connectivity index (χ4v) is 5.51. The van der Waals surface area contributed by atoms with Gasteiger partial charge >= 0.3 is 0 Å². The molecule has 14 heteroatoms. The Labute approximate surface area is 286 Å². The number of hydrogen-bond donors (Lipinski definition) is 4. The minimum Gasteiger partial charge on any atom is -0.496 e. The summed E-state index contributed by atoms with van der Waals surface area (Å²) in [7, 11) is 1.52. The molecule has 0 aliphatic carbocycles. The van der Waals surface area contributed by atoms with Gasteiger partial charge < -0.3 is 30.9 Å². The number of para-hydroxylation sites is 1. The summed E-state index contributed by atoms with van der Waals surface area (Å²) in [6, 6.07) is 13.9. The van der Waals surface area contributed by atoms with Crippen molar-refractivity contribution >= 4 is 29.5 Å². The van der Waals surface area contributed by atoms with E-state index in [4.69, 9.17) is 4.74 Å². The van der Waals surface area contributed by atoms with Crippen molar-refractivity contribution in [3.05, 3.63) is 66.0 Å². The smallest absolute Gasteiger partial charge is 0.243 e. The summed E-state index contributed by atoms with van der Waals surface area (Å²) < 4.78 is 6.86. The molecule has 0 radical (unpaired) electrons. The quantitative estimate of drug-likeness (QED) is 0.306. The number of rotatable bonds is 6. The van der Waals surface area contributed by atoms with Crippen LogP contribution < -0.4 is 26.0 Å². The molecular formula is C35H46N8O6. The molecule has 1 aromatic heterocycles. The lowest BCUT2D eigenvalue weighted by molar-refractivity contribution is -0.137. The number of nitrogens with one attached hydrogen (secondary N) is 4. The lowest BCUT2D eigenvalue weighted by Gasteiger charge is -2.25. The first-order valence-electron chi connectivity index (χ1n) is 16.5. The van der Waals surface area contributed by atoms with Crippen LogP contribution in [0.25, 0.3) is 11.4 Å². The van der Waals surface area contributed by atoms with Crippen molar-refractivity contribution in [1.29, 1.82) is 0 Å². The van der Waals surface area contributed by atoms with Gasteiger partial charge in [-0.15, -0.1) is 0 Å². The van der Waals surface area contributed by atoms with Crippen LogP contribution >= 0.6 is 0 Å². The van der Waals surface area contributed by atoms with Gasteiger partial charge in [0.15, 0.2) is 5.82 Å². The summed E-state index contributed by atoms with van der Waals surface area (Å²) >= 11 is 0. The summed E-state index contributed by atoms with van der Waals surface area (Å²) in [5.74, 6) is -0.832. The van der Waals surface area contributed by atoms with Gasteiger partial charge in [-0.05, 0) is 38.7 Å². The van der Waals surface area contributed by atoms with Gasteiger partial charge in [-0.2, -0.15) is 5.10 Å². The van der Waals surface area contributed by atoms with Crippen LogP contribution in [-0.2, 0) is 36.9 Å². The second kappa shape index (κ2) is 17.2. The molecule has 2 aromatic carbocycles. The van der Waals surface area contributed by atoms with Gasteiger partial charge in [-0.3, -0.25) is 24.0 Å². The van der Waals surface area contributed by atoms with E-state index in [2.05, 4.69) is 31.3 Å². The molecular weight excluding hydrogens is 628 g/mol. The fraction of sp³-hybridized carbons (Fsp3) is 0.457. The molecule has 5 amide bonds. The third-order valence-electron chi connectivity index (χ3n) is 8.03. The highest BCUT2D eigenvalue weighted by Gasteiger charge is 2.29. The highest BCUT2D eigenvalue weighted by atomic mass is 16.5. The molecule has 0 fully saturated rings. The van der Waals surface area contributed by atoms with Gasteiger partial charge in [0.2, 0.25) is 29.5 Å². The van der Waals surface area contributed by atoms with Crippen molar-refractivity contribution in [2.24, 2.45) is 5.92 Å². The predicted octanol–water partition coefficient (Wildman–Crippen LogP) is 1.76. The topological polar surface area (TPSA) is 177 Å². The number of aromatic nitrogens is 3. The largest absolute Gasteiger partial charge is 0.496 e. The van der Waals surface area contributed by atoms with E-state index in [1.54, 1.807) is 31.2 Å². The van der Waals surface area contributed by atoms with E-state index >= 15 is 0 Å². The Hall–Kier alpha value is -5.27. The van der Waals surface area contributed by atoms with Crippen molar-refractivity contribution < 1.29 is 28.7 Å². The van der Waals surface area contributed by atoms with Crippen LogP contribution in [0.15, 0.2) is 54.6 Å². The lowest BCUT2D eigenvalue weighted by Crippen LogP contribution is -2.54. The van der Waals surface area contributed by atoms with Gasteiger partial charge in [0, 0.05) is 24.2 Å². The number of ether oxygens (including phenoxy) is 1. The van der Waals surface area contributed by atoms with Crippen molar-refractivity contribution in [2.75, 3.05) is 26.7 Å². The monoisotopic (exact) mass is 674 g/mol. The average molecular weight is 675 g/mol. The molecule has 0 unspecified atom stereocenters. The fourth-order valence-electron chi connectivity index (χ4n) is 5.51. The number of methoxy groups -OCH3 is 1. The third-order valence-corrected chi connectivity index (χ3v) is 8.03. The van der Waals surface area contributed by atoms with E-state index in [0.29, 0.717) is 35.8 Å². The summed E-state index contributed by atoms with van der Waals surface area (Å²) in [6.07, 6.45) is 0.679. The lowest BCUT2D eigenvalue weighted by atomic mass is 10.0. The summed E-state index contributed by atoms with van der Waals surface area (Å²) in [5, 5.41) is 15.8. The van der Waals surface area contributed by atoms with Crippen LogP contribution in [0.5, 0.6) is 5.75 Å². The Morgan fingerprint density at radius 1 is 0.898 bits per heavy atom. The standard InChI is InChI=1S/C35H46N8O6/c1-22(2)18-27-35(48)38-23(3)33-40-32(25-12-7-6-8-13-25)41-43(33)21-29(44)36-16-11-17-42(20-30(45)37-24(4)34(47)39-27)31(46)19-26-14-9-10-15-28(26)49-5/h6-10,12-15,22-24,27H,11,16-21H2,1-5H3,(H,36,44)(H,37,45)(H,38,48)(H,39,47)/t23-,24+,27+/m0/s1. The van der Waals surface area contributed by atoms with Gasteiger partial charge in [0.25, 0.3) is 0 Å². The van der Waals surface area contributed by atoms with Crippen molar-refractivity contribution in [2.45, 2.75) is 71.6 Å². The second-order valence-corrected chi connectivity index (χ2v) is 12.5. The summed E-state index contributed by atoms with van der Waals surface area (Å²) in [6.45, 7) is 7.03. The zero-order valence-electron chi connectivity index (χ0n) is 28.7. The van der Waals surface area contributed by atoms with Gasteiger partial charge in [-0.25, -0.2) is 9.67 Å². The molecule has 3 aromatic rings. The highest BCUT2D eigenvalue weighted by Crippen LogP contribution is 2.20. The average Bonchev–Trinajstić information content (AvgIpc) is 3.49. The molecule has 0 saturated carbocycles. The molecule has 4 rings (SSSR count). The SMILES string of the molecule is COc1ccccc1CC(=O)N1CCCNC(=O)Cn2nc(-c3ccccc3)nc2[C@H](C)NC(=O)[C@@H](CC(C)C)NC(=O)[C@@H](C)NC(=O)C1. The van der Waals surface area contributed by atoms with Crippen molar-refractivity contribution in [3.63, 3.8) is 0 Å².